The normalized spacial score (nSPS) is 22.4. The molecule has 0 aliphatic heterocycles. The fourth-order valence-electron chi connectivity index (χ4n) is 3.00. The molecule has 122 valence electrons. The van der Waals surface area contributed by atoms with E-state index in [4.69, 9.17) is 5.11 Å². The number of rotatable bonds is 6. The Labute approximate surface area is 131 Å². The van der Waals surface area contributed by atoms with E-state index in [1.807, 2.05) is 6.92 Å². The van der Waals surface area contributed by atoms with Gasteiger partial charge in [0.15, 0.2) is 0 Å². The van der Waals surface area contributed by atoms with Crippen LogP contribution in [-0.2, 0) is 14.8 Å². The highest BCUT2D eigenvalue weighted by Gasteiger charge is 2.29. The van der Waals surface area contributed by atoms with Crippen LogP contribution in [-0.4, -0.2) is 25.5 Å². The molecule has 1 aromatic carbocycles. The first-order valence-electron chi connectivity index (χ1n) is 7.69. The maximum Gasteiger partial charge on any atom is 0.303 e. The number of aryl methyl sites for hydroxylation is 1. The van der Waals surface area contributed by atoms with Crippen LogP contribution in [0, 0.1) is 12.8 Å². The monoisotopic (exact) mass is 325 g/mol. The van der Waals surface area contributed by atoms with E-state index >= 15 is 0 Å². The summed E-state index contributed by atoms with van der Waals surface area (Å²) in [5, 5.41) is 8.83. The van der Waals surface area contributed by atoms with Crippen LogP contribution in [0.5, 0.6) is 0 Å². The molecule has 1 saturated carbocycles. The minimum Gasteiger partial charge on any atom is -0.481 e. The van der Waals surface area contributed by atoms with E-state index in [2.05, 4.69) is 4.72 Å². The molecule has 1 aromatic rings. The van der Waals surface area contributed by atoms with Crippen molar-refractivity contribution in [1.29, 1.82) is 0 Å². The Morgan fingerprint density at radius 3 is 2.50 bits per heavy atom. The predicted octanol–water partition coefficient (Wildman–Crippen LogP) is 2.70. The molecule has 22 heavy (non-hydrogen) atoms. The topological polar surface area (TPSA) is 83.5 Å². The van der Waals surface area contributed by atoms with Crippen molar-refractivity contribution in [1.82, 2.24) is 4.72 Å². The highest BCUT2D eigenvalue weighted by molar-refractivity contribution is 7.89. The van der Waals surface area contributed by atoms with E-state index in [0.29, 0.717) is 6.42 Å². The summed E-state index contributed by atoms with van der Waals surface area (Å²) in [6.45, 7) is 1.91. The molecule has 6 heteroatoms. The lowest BCUT2D eigenvalue weighted by Crippen LogP contribution is -2.42. The quantitative estimate of drug-likeness (QED) is 0.842. The lowest BCUT2D eigenvalue weighted by atomic mass is 9.82. The van der Waals surface area contributed by atoms with Crippen LogP contribution < -0.4 is 4.72 Å². The number of hydrogen-bond acceptors (Lipinski definition) is 3. The second-order valence-electron chi connectivity index (χ2n) is 6.02. The molecule has 0 spiro atoms. The zero-order valence-corrected chi connectivity index (χ0v) is 13.6. The molecule has 0 aromatic heterocycles. The second-order valence-corrected chi connectivity index (χ2v) is 7.73. The summed E-state index contributed by atoms with van der Waals surface area (Å²) < 4.78 is 27.7. The van der Waals surface area contributed by atoms with Gasteiger partial charge in [-0.1, -0.05) is 30.5 Å². The Morgan fingerprint density at radius 1 is 1.23 bits per heavy atom. The third-order valence-corrected chi connectivity index (χ3v) is 5.78. The van der Waals surface area contributed by atoms with Crippen LogP contribution in [0.25, 0.3) is 0 Å². The Hall–Kier alpha value is -1.40. The molecule has 5 nitrogen and oxygen atoms in total. The summed E-state index contributed by atoms with van der Waals surface area (Å²) in [7, 11) is -3.55. The van der Waals surface area contributed by atoms with Crippen molar-refractivity contribution in [2.24, 2.45) is 5.92 Å². The highest BCUT2D eigenvalue weighted by Crippen LogP contribution is 2.29. The molecule has 2 rings (SSSR count). The third-order valence-electron chi connectivity index (χ3n) is 4.28. The number of nitrogens with one attached hydrogen (secondary N) is 1. The summed E-state index contributed by atoms with van der Waals surface area (Å²) in [6.07, 6.45) is 4.28. The SMILES string of the molecule is Cc1ccc(S(=O)(=O)N[C@H]2CCCC[C@@H]2CCC(=O)O)cc1. The van der Waals surface area contributed by atoms with Crippen molar-refractivity contribution in [3.8, 4) is 0 Å². The Balaban J connectivity index is 2.08. The van der Waals surface area contributed by atoms with Gasteiger partial charge in [0.05, 0.1) is 4.90 Å². The van der Waals surface area contributed by atoms with Crippen molar-refractivity contribution in [3.63, 3.8) is 0 Å². The maximum absolute atomic E-state index is 12.5. The molecule has 1 aliphatic carbocycles. The fourth-order valence-corrected chi connectivity index (χ4v) is 4.34. The van der Waals surface area contributed by atoms with Crippen molar-refractivity contribution in [2.45, 2.75) is 56.4 Å². The van der Waals surface area contributed by atoms with Gasteiger partial charge < -0.3 is 5.11 Å². The second kappa shape index (κ2) is 7.24. The number of sulfonamides is 1. The Morgan fingerprint density at radius 2 is 1.86 bits per heavy atom. The van der Waals surface area contributed by atoms with Gasteiger partial charge in [-0.3, -0.25) is 4.79 Å². The van der Waals surface area contributed by atoms with Crippen LogP contribution in [0.4, 0.5) is 0 Å². The molecule has 0 radical (unpaired) electrons. The summed E-state index contributed by atoms with van der Waals surface area (Å²) in [4.78, 5) is 11.0. The molecule has 0 bridgehead atoms. The first-order valence-corrected chi connectivity index (χ1v) is 9.17. The lowest BCUT2D eigenvalue weighted by Gasteiger charge is -2.31. The number of aliphatic carboxylic acids is 1. The average molecular weight is 325 g/mol. The van der Waals surface area contributed by atoms with Crippen molar-refractivity contribution < 1.29 is 18.3 Å². The fraction of sp³-hybridized carbons (Fsp3) is 0.562. The first kappa shape index (κ1) is 17.0. The summed E-state index contributed by atoms with van der Waals surface area (Å²) in [5.41, 5.74) is 1.01. The van der Waals surface area contributed by atoms with E-state index in [1.54, 1.807) is 24.3 Å². The van der Waals surface area contributed by atoms with Gasteiger partial charge in [0, 0.05) is 12.5 Å². The smallest absolute Gasteiger partial charge is 0.303 e. The van der Waals surface area contributed by atoms with E-state index in [1.165, 1.54) is 0 Å². The molecule has 2 atom stereocenters. The number of benzene rings is 1. The Bertz CT molecular complexity index is 610. The van der Waals surface area contributed by atoms with Crippen LogP contribution >= 0.6 is 0 Å². The van der Waals surface area contributed by atoms with Gasteiger partial charge in [0.2, 0.25) is 10.0 Å². The van der Waals surface area contributed by atoms with Gasteiger partial charge in [-0.05, 0) is 44.2 Å². The first-order chi connectivity index (χ1) is 10.4. The van der Waals surface area contributed by atoms with Crippen molar-refractivity contribution in [2.75, 3.05) is 0 Å². The van der Waals surface area contributed by atoms with Crippen LogP contribution in [0.1, 0.15) is 44.1 Å². The Kier molecular flexibility index (Phi) is 5.58. The minimum atomic E-state index is -3.55. The van der Waals surface area contributed by atoms with Gasteiger partial charge >= 0.3 is 5.97 Å². The van der Waals surface area contributed by atoms with E-state index in [9.17, 15) is 13.2 Å². The number of hydrogen-bond donors (Lipinski definition) is 2. The average Bonchev–Trinajstić information content (AvgIpc) is 2.46. The van der Waals surface area contributed by atoms with Gasteiger partial charge in [0.25, 0.3) is 0 Å². The van der Waals surface area contributed by atoms with Gasteiger partial charge in [0.1, 0.15) is 0 Å². The largest absolute Gasteiger partial charge is 0.481 e. The molecular formula is C16H23NO4S. The molecule has 0 heterocycles. The predicted molar refractivity (Wildman–Crippen MR) is 84.1 cm³/mol. The van der Waals surface area contributed by atoms with Gasteiger partial charge in [-0.25, -0.2) is 13.1 Å². The number of carboxylic acids is 1. The standard InChI is InChI=1S/C16H23NO4S/c1-12-6-9-14(10-7-12)22(20,21)17-15-5-3-2-4-13(15)8-11-16(18)19/h6-7,9-10,13,15,17H,2-5,8,11H2,1H3,(H,18,19)/t13-,15+/m1/s1. The summed E-state index contributed by atoms with van der Waals surface area (Å²) >= 11 is 0. The number of carbonyl (C=O) groups is 1. The molecule has 0 saturated heterocycles. The molecule has 0 amide bonds. The minimum absolute atomic E-state index is 0.0907. The van der Waals surface area contributed by atoms with Crippen LogP contribution in [0.2, 0.25) is 0 Å². The van der Waals surface area contributed by atoms with Crippen molar-refractivity contribution in [3.05, 3.63) is 29.8 Å². The maximum atomic E-state index is 12.5. The van der Waals surface area contributed by atoms with Crippen LogP contribution in [0.15, 0.2) is 29.2 Å². The molecule has 2 N–H and O–H groups in total. The summed E-state index contributed by atoms with van der Waals surface area (Å²) in [6, 6.07) is 6.59. The third kappa shape index (κ3) is 4.55. The van der Waals surface area contributed by atoms with Gasteiger partial charge in [-0.15, -0.1) is 0 Å². The zero-order valence-electron chi connectivity index (χ0n) is 12.8. The van der Waals surface area contributed by atoms with E-state index in [0.717, 1.165) is 31.2 Å². The van der Waals surface area contributed by atoms with E-state index in [-0.39, 0.29) is 23.3 Å². The van der Waals surface area contributed by atoms with Crippen molar-refractivity contribution >= 4 is 16.0 Å². The lowest BCUT2D eigenvalue weighted by molar-refractivity contribution is -0.137. The van der Waals surface area contributed by atoms with Crippen LogP contribution in [0.3, 0.4) is 0 Å². The highest BCUT2D eigenvalue weighted by atomic mass is 32.2. The number of carboxylic acid groups (broad SMARTS) is 1. The molecule has 1 fully saturated rings. The zero-order chi connectivity index (χ0) is 16.2. The summed E-state index contributed by atoms with van der Waals surface area (Å²) in [5.74, 6) is -0.726. The molecule has 0 unspecified atom stereocenters. The van der Waals surface area contributed by atoms with Gasteiger partial charge in [-0.2, -0.15) is 0 Å². The molecule has 1 aliphatic rings. The molecular weight excluding hydrogens is 302 g/mol. The van der Waals surface area contributed by atoms with E-state index < -0.39 is 16.0 Å².